The summed E-state index contributed by atoms with van der Waals surface area (Å²) in [4.78, 5) is 12.5. The summed E-state index contributed by atoms with van der Waals surface area (Å²) in [6, 6.07) is 1.97. The van der Waals surface area contributed by atoms with Crippen molar-refractivity contribution >= 4 is 27.5 Å². The van der Waals surface area contributed by atoms with Crippen LogP contribution >= 0.6 is 15.9 Å². The molecule has 1 aromatic rings. The number of methoxy groups -OCH3 is 1. The molecule has 0 unspecified atom stereocenters. The Labute approximate surface area is 130 Å². The third-order valence-corrected chi connectivity index (χ3v) is 4.33. The topological polar surface area (TPSA) is 50.4 Å². The van der Waals surface area contributed by atoms with Gasteiger partial charge in [0.1, 0.15) is 11.6 Å². The molecule has 2 rings (SSSR count). The summed E-state index contributed by atoms with van der Waals surface area (Å²) >= 11 is 2.98. The highest BCUT2D eigenvalue weighted by atomic mass is 79.9. The molecule has 1 aliphatic heterocycles. The lowest BCUT2D eigenvalue weighted by Crippen LogP contribution is -2.47. The molecule has 1 aliphatic rings. The van der Waals surface area contributed by atoms with Crippen LogP contribution in [0.3, 0.4) is 0 Å². The van der Waals surface area contributed by atoms with E-state index in [1.807, 2.05) is 0 Å². The van der Waals surface area contributed by atoms with E-state index >= 15 is 0 Å². The summed E-state index contributed by atoms with van der Waals surface area (Å²) in [5.74, 6) is -1.81. The predicted molar refractivity (Wildman–Crippen MR) is 79.1 cm³/mol. The lowest BCUT2D eigenvalue weighted by atomic mass is 9.78. The zero-order chi connectivity index (χ0) is 15.5. The van der Waals surface area contributed by atoms with Crippen LogP contribution in [0.15, 0.2) is 16.6 Å². The smallest absolute Gasteiger partial charge is 0.233 e. The molecular formula is C14H17BrF2N2O2. The number of carbonyl (C=O) groups is 1. The molecule has 1 heterocycles. The van der Waals surface area contributed by atoms with Crippen molar-refractivity contribution in [3.63, 3.8) is 0 Å². The van der Waals surface area contributed by atoms with Crippen molar-refractivity contribution in [3.8, 4) is 0 Å². The number of carbonyl (C=O) groups excluding carboxylic acids is 1. The Kier molecular flexibility index (Phi) is 5.29. The number of halogens is 3. The summed E-state index contributed by atoms with van der Waals surface area (Å²) in [7, 11) is 1.53. The van der Waals surface area contributed by atoms with E-state index in [4.69, 9.17) is 4.74 Å². The van der Waals surface area contributed by atoms with Gasteiger partial charge >= 0.3 is 0 Å². The van der Waals surface area contributed by atoms with Crippen LogP contribution in [0, 0.1) is 17.0 Å². The van der Waals surface area contributed by atoms with Crippen LogP contribution in [0.4, 0.5) is 14.5 Å². The maximum absolute atomic E-state index is 13.7. The molecule has 21 heavy (non-hydrogen) atoms. The van der Waals surface area contributed by atoms with Crippen molar-refractivity contribution in [2.24, 2.45) is 5.41 Å². The summed E-state index contributed by atoms with van der Waals surface area (Å²) in [5.41, 5.74) is -0.727. The lowest BCUT2D eigenvalue weighted by molar-refractivity contribution is -0.130. The second kappa shape index (κ2) is 6.81. The van der Waals surface area contributed by atoms with Crippen molar-refractivity contribution in [1.82, 2.24) is 5.32 Å². The van der Waals surface area contributed by atoms with Gasteiger partial charge in [0.2, 0.25) is 5.91 Å². The molecule has 116 valence electrons. The van der Waals surface area contributed by atoms with E-state index in [9.17, 15) is 13.6 Å². The molecule has 0 saturated carbocycles. The van der Waals surface area contributed by atoms with Gasteiger partial charge in [-0.1, -0.05) is 0 Å². The molecular weight excluding hydrogens is 346 g/mol. The average Bonchev–Trinajstić information content (AvgIpc) is 2.46. The van der Waals surface area contributed by atoms with Crippen LogP contribution < -0.4 is 10.6 Å². The summed E-state index contributed by atoms with van der Waals surface area (Å²) in [6.07, 6.45) is 1.22. The minimum Gasteiger partial charge on any atom is -0.384 e. The number of nitrogens with one attached hydrogen (secondary N) is 2. The van der Waals surface area contributed by atoms with Crippen LogP contribution in [0.25, 0.3) is 0 Å². The first-order chi connectivity index (χ1) is 9.98. The molecule has 0 atom stereocenters. The van der Waals surface area contributed by atoms with Gasteiger partial charge in [0, 0.05) is 13.2 Å². The quantitative estimate of drug-likeness (QED) is 0.809. The fourth-order valence-electron chi connectivity index (χ4n) is 2.49. The molecule has 0 aromatic heterocycles. The van der Waals surface area contributed by atoms with Gasteiger partial charge in [0.15, 0.2) is 0 Å². The number of rotatable bonds is 4. The monoisotopic (exact) mass is 362 g/mol. The standard InChI is InChI=1S/C14H17BrF2N2O2/c1-21-8-14(2-4-18-5-3-14)13(20)19-12-6-9(15)10(16)7-11(12)17/h6-7,18H,2-5,8H2,1H3,(H,19,20). The number of benzene rings is 1. The molecule has 0 aliphatic carbocycles. The van der Waals surface area contributed by atoms with Gasteiger partial charge in [0.25, 0.3) is 0 Å². The van der Waals surface area contributed by atoms with Gasteiger partial charge in [0.05, 0.1) is 22.2 Å². The Morgan fingerprint density at radius 3 is 2.67 bits per heavy atom. The Morgan fingerprint density at radius 2 is 2.05 bits per heavy atom. The second-order valence-corrected chi connectivity index (χ2v) is 6.02. The highest BCUT2D eigenvalue weighted by molar-refractivity contribution is 9.10. The van der Waals surface area contributed by atoms with Gasteiger partial charge in [-0.05, 0) is 47.9 Å². The van der Waals surface area contributed by atoms with Crippen LogP contribution in [0.2, 0.25) is 0 Å². The summed E-state index contributed by atoms with van der Waals surface area (Å²) in [6.45, 7) is 1.67. The minimum atomic E-state index is -0.800. The van der Waals surface area contributed by atoms with Crippen molar-refractivity contribution in [2.45, 2.75) is 12.8 Å². The van der Waals surface area contributed by atoms with Gasteiger partial charge in [-0.25, -0.2) is 8.78 Å². The SMILES string of the molecule is COCC1(C(=O)Nc2cc(Br)c(F)cc2F)CCNCC1. The fraction of sp³-hybridized carbons (Fsp3) is 0.500. The van der Waals surface area contributed by atoms with Crippen molar-refractivity contribution < 1.29 is 18.3 Å². The molecule has 0 bridgehead atoms. The van der Waals surface area contributed by atoms with E-state index in [1.54, 1.807) is 0 Å². The number of piperidine rings is 1. The van der Waals surface area contributed by atoms with Crippen molar-refractivity contribution in [3.05, 3.63) is 28.2 Å². The molecule has 7 heteroatoms. The first-order valence-electron chi connectivity index (χ1n) is 6.64. The molecule has 2 N–H and O–H groups in total. The highest BCUT2D eigenvalue weighted by Gasteiger charge is 2.40. The molecule has 1 saturated heterocycles. The van der Waals surface area contributed by atoms with E-state index in [1.165, 1.54) is 13.2 Å². The minimum absolute atomic E-state index is 0.0396. The third kappa shape index (κ3) is 3.59. The Balaban J connectivity index is 2.21. The first-order valence-corrected chi connectivity index (χ1v) is 7.43. The van der Waals surface area contributed by atoms with Gasteiger partial charge in [-0.15, -0.1) is 0 Å². The Hall–Kier alpha value is -1.05. The van der Waals surface area contributed by atoms with Gasteiger partial charge in [-0.2, -0.15) is 0 Å². The average molecular weight is 363 g/mol. The molecule has 1 fully saturated rings. The molecule has 0 spiro atoms. The first kappa shape index (κ1) is 16.3. The van der Waals surface area contributed by atoms with Gasteiger partial charge < -0.3 is 15.4 Å². The van der Waals surface area contributed by atoms with Crippen LogP contribution in [0.1, 0.15) is 12.8 Å². The van der Waals surface area contributed by atoms with E-state index in [-0.39, 0.29) is 22.7 Å². The summed E-state index contributed by atoms with van der Waals surface area (Å²) < 4.78 is 32.2. The van der Waals surface area contributed by atoms with Crippen molar-refractivity contribution in [2.75, 3.05) is 32.1 Å². The van der Waals surface area contributed by atoms with Crippen LogP contribution in [-0.4, -0.2) is 32.7 Å². The molecule has 4 nitrogen and oxygen atoms in total. The number of amides is 1. The molecule has 1 amide bonds. The lowest BCUT2D eigenvalue weighted by Gasteiger charge is -2.35. The Bertz CT molecular complexity index is 528. The Morgan fingerprint density at radius 1 is 1.38 bits per heavy atom. The van der Waals surface area contributed by atoms with Crippen LogP contribution in [0.5, 0.6) is 0 Å². The third-order valence-electron chi connectivity index (χ3n) is 3.72. The van der Waals surface area contributed by atoms with E-state index < -0.39 is 17.0 Å². The molecule has 1 aromatic carbocycles. The fourth-order valence-corrected chi connectivity index (χ4v) is 2.84. The van der Waals surface area contributed by atoms with E-state index in [0.29, 0.717) is 25.9 Å². The maximum Gasteiger partial charge on any atom is 0.233 e. The van der Waals surface area contributed by atoms with Crippen LogP contribution in [-0.2, 0) is 9.53 Å². The van der Waals surface area contributed by atoms with Gasteiger partial charge in [-0.3, -0.25) is 4.79 Å². The number of hydrogen-bond donors (Lipinski definition) is 2. The van der Waals surface area contributed by atoms with E-state index in [2.05, 4.69) is 26.6 Å². The number of ether oxygens (including phenoxy) is 1. The summed E-state index contributed by atoms with van der Waals surface area (Å²) in [5, 5.41) is 5.73. The zero-order valence-corrected chi connectivity index (χ0v) is 13.2. The van der Waals surface area contributed by atoms with Crippen molar-refractivity contribution in [1.29, 1.82) is 0 Å². The normalized spacial score (nSPS) is 17.5. The van der Waals surface area contributed by atoms with E-state index in [0.717, 1.165) is 6.07 Å². The number of hydrogen-bond acceptors (Lipinski definition) is 3. The highest BCUT2D eigenvalue weighted by Crippen LogP contribution is 2.32. The number of anilines is 1. The predicted octanol–water partition coefficient (Wildman–Crippen LogP) is 2.68. The zero-order valence-electron chi connectivity index (χ0n) is 11.6. The largest absolute Gasteiger partial charge is 0.384 e. The molecule has 0 radical (unpaired) electrons. The second-order valence-electron chi connectivity index (χ2n) is 5.16. The maximum atomic E-state index is 13.7.